The second-order valence-electron chi connectivity index (χ2n) is 7.67. The Hall–Kier alpha value is -3.41. The number of amides is 1. The summed E-state index contributed by atoms with van der Waals surface area (Å²) in [4.78, 5) is 16.4. The first-order valence-corrected chi connectivity index (χ1v) is 9.38. The van der Waals surface area contributed by atoms with E-state index in [1.807, 2.05) is 36.4 Å². The van der Waals surface area contributed by atoms with E-state index in [1.54, 1.807) is 13.2 Å². The van der Waals surface area contributed by atoms with Gasteiger partial charge in [-0.3, -0.25) is 4.79 Å². The Kier molecular flexibility index (Phi) is 6.12. The molecule has 0 saturated carbocycles. The Bertz CT molecular complexity index is 999. The van der Waals surface area contributed by atoms with Crippen LogP contribution in [-0.4, -0.2) is 23.2 Å². The van der Waals surface area contributed by atoms with Crippen molar-refractivity contribution in [1.82, 2.24) is 15.5 Å². The van der Waals surface area contributed by atoms with Crippen molar-refractivity contribution >= 4 is 12.0 Å². The molecule has 0 spiro atoms. The first-order chi connectivity index (χ1) is 13.8. The predicted octanol–water partition coefficient (Wildman–Crippen LogP) is 4.37. The van der Waals surface area contributed by atoms with Gasteiger partial charge < -0.3 is 14.6 Å². The molecule has 1 N–H and O–H groups in total. The summed E-state index contributed by atoms with van der Waals surface area (Å²) in [7, 11) is 1.60. The molecule has 0 radical (unpaired) electrons. The third-order valence-corrected chi connectivity index (χ3v) is 4.41. The fraction of sp³-hybridized carbons (Fsp3) is 0.261. The second kappa shape index (κ2) is 8.73. The molecular weight excluding hydrogens is 366 g/mol. The minimum atomic E-state index is -0.231. The fourth-order valence-electron chi connectivity index (χ4n) is 2.69. The first-order valence-electron chi connectivity index (χ1n) is 9.38. The molecule has 1 aromatic heterocycles. The number of methoxy groups -OCH3 is 1. The van der Waals surface area contributed by atoms with Crippen LogP contribution in [0.1, 0.15) is 37.8 Å². The molecule has 3 rings (SSSR count). The molecule has 0 fully saturated rings. The van der Waals surface area contributed by atoms with E-state index in [0.29, 0.717) is 17.5 Å². The van der Waals surface area contributed by atoms with Gasteiger partial charge in [0.25, 0.3) is 0 Å². The zero-order valence-corrected chi connectivity index (χ0v) is 17.1. The van der Waals surface area contributed by atoms with Crippen LogP contribution in [0.4, 0.5) is 0 Å². The van der Waals surface area contributed by atoms with Crippen molar-refractivity contribution in [3.63, 3.8) is 0 Å². The summed E-state index contributed by atoms with van der Waals surface area (Å²) in [6, 6.07) is 15.5. The van der Waals surface area contributed by atoms with Gasteiger partial charge in [-0.25, -0.2) is 0 Å². The maximum absolute atomic E-state index is 12.1. The van der Waals surface area contributed by atoms with E-state index in [1.165, 1.54) is 11.6 Å². The number of ether oxygens (including phenoxy) is 1. The van der Waals surface area contributed by atoms with Gasteiger partial charge in [-0.15, -0.1) is 0 Å². The lowest BCUT2D eigenvalue weighted by Crippen LogP contribution is -2.20. The van der Waals surface area contributed by atoms with Crippen molar-refractivity contribution < 1.29 is 14.1 Å². The normalized spacial score (nSPS) is 11.6. The molecular formula is C23H25N3O3. The summed E-state index contributed by atoms with van der Waals surface area (Å²) in [5, 5.41) is 6.70. The molecule has 0 atom stereocenters. The van der Waals surface area contributed by atoms with Crippen LogP contribution in [0.25, 0.3) is 17.5 Å². The van der Waals surface area contributed by atoms with Gasteiger partial charge in [-0.05, 0) is 34.8 Å². The van der Waals surface area contributed by atoms with Crippen molar-refractivity contribution in [2.45, 2.75) is 32.7 Å². The Balaban J connectivity index is 1.55. The van der Waals surface area contributed by atoms with Gasteiger partial charge in [0.1, 0.15) is 5.75 Å². The third kappa shape index (κ3) is 5.54. The molecule has 6 nitrogen and oxygen atoms in total. The number of carbonyl (C=O) groups excluding carboxylic acids is 1. The summed E-state index contributed by atoms with van der Waals surface area (Å²) in [5.74, 6) is 1.26. The number of benzene rings is 2. The van der Waals surface area contributed by atoms with Gasteiger partial charge in [-0.1, -0.05) is 62.3 Å². The molecule has 3 aromatic rings. The van der Waals surface area contributed by atoms with Crippen LogP contribution in [0.2, 0.25) is 0 Å². The number of hydrogen-bond acceptors (Lipinski definition) is 5. The molecule has 0 bridgehead atoms. The lowest BCUT2D eigenvalue weighted by molar-refractivity contribution is -0.116. The fourth-order valence-corrected chi connectivity index (χ4v) is 2.69. The van der Waals surface area contributed by atoms with Gasteiger partial charge in [0.2, 0.25) is 17.6 Å². The van der Waals surface area contributed by atoms with Crippen LogP contribution in [0.15, 0.2) is 59.1 Å². The van der Waals surface area contributed by atoms with Crippen molar-refractivity contribution in [2.75, 3.05) is 7.11 Å². The van der Waals surface area contributed by atoms with Crippen LogP contribution in [0, 0.1) is 0 Å². The molecule has 0 aliphatic heterocycles. The standard InChI is InChI=1S/C23H25N3O3/c1-23(2,3)18-11-8-16(9-12-18)10-13-20(27)24-15-21-25-22(26-29-21)17-6-5-7-19(14-17)28-4/h5-14H,15H2,1-4H3,(H,24,27)/b13-10+. The molecule has 0 aliphatic carbocycles. The van der Waals surface area contributed by atoms with Gasteiger partial charge in [0.05, 0.1) is 13.7 Å². The molecule has 0 saturated heterocycles. The Morgan fingerprint density at radius 2 is 1.93 bits per heavy atom. The van der Waals surface area contributed by atoms with Gasteiger partial charge >= 0.3 is 0 Å². The van der Waals surface area contributed by atoms with Crippen molar-refractivity contribution in [1.29, 1.82) is 0 Å². The van der Waals surface area contributed by atoms with E-state index in [0.717, 1.165) is 11.1 Å². The summed E-state index contributed by atoms with van der Waals surface area (Å²) in [6.07, 6.45) is 3.27. The molecule has 150 valence electrons. The number of aromatic nitrogens is 2. The molecule has 6 heteroatoms. The maximum atomic E-state index is 12.1. The highest BCUT2D eigenvalue weighted by Crippen LogP contribution is 2.23. The topological polar surface area (TPSA) is 77.3 Å². The highest BCUT2D eigenvalue weighted by molar-refractivity contribution is 5.91. The van der Waals surface area contributed by atoms with E-state index in [2.05, 4.69) is 48.4 Å². The summed E-state index contributed by atoms with van der Waals surface area (Å²) < 4.78 is 10.4. The molecule has 1 heterocycles. The van der Waals surface area contributed by atoms with Crippen molar-refractivity contribution in [2.24, 2.45) is 0 Å². The number of nitrogens with one attached hydrogen (secondary N) is 1. The minimum absolute atomic E-state index is 0.105. The largest absolute Gasteiger partial charge is 0.497 e. The van der Waals surface area contributed by atoms with Crippen LogP contribution >= 0.6 is 0 Å². The van der Waals surface area contributed by atoms with Crippen LogP contribution in [0.3, 0.4) is 0 Å². The highest BCUT2D eigenvalue weighted by Gasteiger charge is 2.12. The van der Waals surface area contributed by atoms with Crippen LogP contribution in [0.5, 0.6) is 5.75 Å². The molecule has 0 aliphatic rings. The summed E-state index contributed by atoms with van der Waals surface area (Å²) in [6.45, 7) is 6.66. The van der Waals surface area contributed by atoms with Crippen molar-refractivity contribution in [3.8, 4) is 17.1 Å². The lowest BCUT2D eigenvalue weighted by Gasteiger charge is -2.18. The molecule has 0 unspecified atom stereocenters. The Morgan fingerprint density at radius 3 is 2.62 bits per heavy atom. The van der Waals surface area contributed by atoms with Gasteiger partial charge in [0.15, 0.2) is 0 Å². The van der Waals surface area contributed by atoms with E-state index in [-0.39, 0.29) is 17.9 Å². The molecule has 1 amide bonds. The monoisotopic (exact) mass is 391 g/mol. The van der Waals surface area contributed by atoms with Crippen molar-refractivity contribution in [3.05, 3.63) is 71.6 Å². The van der Waals surface area contributed by atoms with Gasteiger partial charge in [-0.2, -0.15) is 4.98 Å². The first kappa shape index (κ1) is 20.3. The Labute approximate surface area is 170 Å². The average Bonchev–Trinajstić information content (AvgIpc) is 3.19. The Morgan fingerprint density at radius 1 is 1.17 bits per heavy atom. The summed E-state index contributed by atoms with van der Waals surface area (Å²) in [5.41, 5.74) is 3.10. The SMILES string of the molecule is COc1cccc(-c2noc(CNC(=O)/C=C/c3ccc(C(C)(C)C)cc3)n2)c1. The minimum Gasteiger partial charge on any atom is -0.497 e. The highest BCUT2D eigenvalue weighted by atomic mass is 16.5. The van der Waals surface area contributed by atoms with E-state index >= 15 is 0 Å². The zero-order chi connectivity index (χ0) is 20.9. The second-order valence-corrected chi connectivity index (χ2v) is 7.67. The number of rotatable bonds is 6. The molecule has 2 aromatic carbocycles. The smallest absolute Gasteiger partial charge is 0.246 e. The number of carbonyl (C=O) groups is 1. The number of hydrogen-bond donors (Lipinski definition) is 1. The third-order valence-electron chi connectivity index (χ3n) is 4.41. The van der Waals surface area contributed by atoms with Crippen LogP contribution < -0.4 is 10.1 Å². The zero-order valence-electron chi connectivity index (χ0n) is 17.1. The quantitative estimate of drug-likeness (QED) is 0.631. The predicted molar refractivity (Wildman–Crippen MR) is 112 cm³/mol. The average molecular weight is 391 g/mol. The van der Waals surface area contributed by atoms with E-state index in [4.69, 9.17) is 9.26 Å². The van der Waals surface area contributed by atoms with E-state index < -0.39 is 0 Å². The number of nitrogens with zero attached hydrogens (tertiary/aromatic N) is 2. The molecule has 29 heavy (non-hydrogen) atoms. The maximum Gasteiger partial charge on any atom is 0.246 e. The van der Waals surface area contributed by atoms with Gasteiger partial charge in [0, 0.05) is 11.6 Å². The lowest BCUT2D eigenvalue weighted by atomic mass is 9.87. The van der Waals surface area contributed by atoms with E-state index in [9.17, 15) is 4.79 Å². The van der Waals surface area contributed by atoms with Crippen LogP contribution in [-0.2, 0) is 16.8 Å². The summed E-state index contributed by atoms with van der Waals surface area (Å²) >= 11 is 0.